The molecule has 0 aliphatic carbocycles. The molecule has 1 saturated heterocycles. The Labute approximate surface area is 239 Å². The van der Waals surface area contributed by atoms with Crippen LogP contribution >= 0.6 is 11.9 Å². The third-order valence-corrected chi connectivity index (χ3v) is 6.81. The number of anilines is 2. The first-order chi connectivity index (χ1) is 19.6. The molecule has 4 rings (SSSR count). The number of ether oxygens (including phenoxy) is 2. The lowest BCUT2D eigenvalue weighted by Gasteiger charge is -2.29. The molecule has 0 atom stereocenters. The Balaban J connectivity index is 1.59. The summed E-state index contributed by atoms with van der Waals surface area (Å²) in [6, 6.07) is 11.1. The number of piperidine rings is 1. The van der Waals surface area contributed by atoms with E-state index in [1.54, 1.807) is 30.3 Å². The zero-order chi connectivity index (χ0) is 29.6. The Morgan fingerprint density at radius 3 is 2.59 bits per heavy atom. The lowest BCUT2D eigenvalue weighted by molar-refractivity contribution is -0.139. The number of hydrogen-bond acceptors (Lipinski definition) is 10. The van der Waals surface area contributed by atoms with Crippen molar-refractivity contribution in [1.82, 2.24) is 20.2 Å². The fourth-order valence-electron chi connectivity index (χ4n) is 4.21. The van der Waals surface area contributed by atoms with Crippen LogP contribution in [0.25, 0.3) is 5.70 Å². The maximum atomic E-state index is 13.8. The predicted molar refractivity (Wildman–Crippen MR) is 152 cm³/mol. The number of para-hydroxylation sites is 1. The van der Waals surface area contributed by atoms with Gasteiger partial charge in [0.2, 0.25) is 11.8 Å². The first-order valence-electron chi connectivity index (χ1n) is 12.6. The molecule has 0 radical (unpaired) electrons. The normalized spacial score (nSPS) is 14.9. The van der Waals surface area contributed by atoms with E-state index in [1.165, 1.54) is 24.7 Å². The first-order valence-corrected chi connectivity index (χ1v) is 13.5. The fraction of sp³-hybridized carbons (Fsp3) is 0.296. The van der Waals surface area contributed by atoms with Crippen LogP contribution in [0.5, 0.6) is 17.4 Å². The second kappa shape index (κ2) is 13.1. The lowest BCUT2D eigenvalue weighted by Crippen LogP contribution is -2.43. The average molecular weight is 590 g/mol. The van der Waals surface area contributed by atoms with Gasteiger partial charge in [-0.2, -0.15) is 18.2 Å². The minimum absolute atomic E-state index is 0.0445. The number of nitrogens with zero attached hydrogens (tertiary/aromatic N) is 3. The van der Waals surface area contributed by atoms with Gasteiger partial charge in [-0.25, -0.2) is 4.98 Å². The number of rotatable bonds is 9. The van der Waals surface area contributed by atoms with Crippen LogP contribution in [0.3, 0.4) is 0 Å². The molecule has 1 aliphatic rings. The Kier molecular flexibility index (Phi) is 9.57. The molecule has 1 fully saturated rings. The van der Waals surface area contributed by atoms with Gasteiger partial charge in [-0.1, -0.05) is 24.1 Å². The summed E-state index contributed by atoms with van der Waals surface area (Å²) in [6.07, 6.45) is -2.46. The van der Waals surface area contributed by atoms with Crippen molar-refractivity contribution < 1.29 is 27.4 Å². The number of methoxy groups -OCH3 is 1. The van der Waals surface area contributed by atoms with Gasteiger partial charge >= 0.3 is 6.18 Å². The summed E-state index contributed by atoms with van der Waals surface area (Å²) in [4.78, 5) is 22.9. The SMILES string of the molecule is COc1cc(C(=O)NC2CCN(C)CC2)ccc1Nc1ncc(C(F)(F)F)c(Oc2ccccc2/C(N)=C/SN)n1. The van der Waals surface area contributed by atoms with E-state index >= 15 is 0 Å². The highest BCUT2D eigenvalue weighted by atomic mass is 32.2. The molecule has 1 aliphatic heterocycles. The number of nitrogens with two attached hydrogens (primary N) is 2. The molecule has 2 heterocycles. The molecule has 218 valence electrons. The van der Waals surface area contributed by atoms with Crippen molar-refractivity contribution in [2.24, 2.45) is 10.9 Å². The minimum Gasteiger partial charge on any atom is -0.495 e. The van der Waals surface area contributed by atoms with Gasteiger partial charge in [0, 0.05) is 28.8 Å². The smallest absolute Gasteiger partial charge is 0.423 e. The van der Waals surface area contributed by atoms with Gasteiger partial charge in [0.1, 0.15) is 17.1 Å². The Hall–Kier alpha value is -4.01. The minimum atomic E-state index is -4.79. The van der Waals surface area contributed by atoms with E-state index in [1.807, 2.05) is 7.05 Å². The highest BCUT2D eigenvalue weighted by Gasteiger charge is 2.37. The zero-order valence-electron chi connectivity index (χ0n) is 22.4. The van der Waals surface area contributed by atoms with Crippen LogP contribution in [-0.2, 0) is 6.18 Å². The molecule has 0 unspecified atom stereocenters. The van der Waals surface area contributed by atoms with Gasteiger partial charge in [-0.05, 0) is 63.3 Å². The first kappa shape index (κ1) is 30.0. The standard InChI is InChI=1S/C27H30F3N7O3S/c1-37-11-9-17(10-12-37)34-24(38)16-7-8-21(23(13-16)39-2)35-26-33-14-19(27(28,29)30)25(36-26)40-22-6-4-3-5-18(22)20(31)15-41-32/h3-8,13-15,17H,9-12,31-32H2,1-2H3,(H,34,38)(H,33,35,36)/b20-15-. The van der Waals surface area contributed by atoms with E-state index in [0.29, 0.717) is 23.0 Å². The van der Waals surface area contributed by atoms with Crippen LogP contribution in [0, 0.1) is 0 Å². The quantitative estimate of drug-likeness (QED) is 0.259. The van der Waals surface area contributed by atoms with E-state index in [-0.39, 0.29) is 35.1 Å². The summed E-state index contributed by atoms with van der Waals surface area (Å²) in [6.45, 7) is 1.80. The molecule has 6 N–H and O–H groups in total. The highest BCUT2D eigenvalue weighted by Crippen LogP contribution is 2.39. The fourth-order valence-corrected chi connectivity index (χ4v) is 4.49. The molecular weight excluding hydrogens is 559 g/mol. The molecule has 0 saturated carbocycles. The summed E-state index contributed by atoms with van der Waals surface area (Å²) in [7, 11) is 3.45. The number of halogens is 3. The van der Waals surface area contributed by atoms with E-state index < -0.39 is 17.6 Å². The van der Waals surface area contributed by atoms with Crippen molar-refractivity contribution in [2.75, 3.05) is 32.6 Å². The van der Waals surface area contributed by atoms with Gasteiger partial charge in [0.15, 0.2) is 0 Å². The Morgan fingerprint density at radius 1 is 1.17 bits per heavy atom. The number of nitrogens with one attached hydrogen (secondary N) is 2. The van der Waals surface area contributed by atoms with E-state index in [4.69, 9.17) is 20.3 Å². The maximum Gasteiger partial charge on any atom is 0.423 e. The van der Waals surface area contributed by atoms with Crippen molar-refractivity contribution in [2.45, 2.75) is 25.1 Å². The van der Waals surface area contributed by atoms with Crippen LogP contribution in [0.2, 0.25) is 0 Å². The largest absolute Gasteiger partial charge is 0.495 e. The van der Waals surface area contributed by atoms with Crippen molar-refractivity contribution in [3.05, 3.63) is 70.8 Å². The van der Waals surface area contributed by atoms with Gasteiger partial charge < -0.3 is 30.7 Å². The van der Waals surface area contributed by atoms with Crippen LogP contribution in [0.15, 0.2) is 54.1 Å². The molecule has 41 heavy (non-hydrogen) atoms. The van der Waals surface area contributed by atoms with Gasteiger partial charge in [-0.3, -0.25) is 9.93 Å². The van der Waals surface area contributed by atoms with E-state index in [0.717, 1.165) is 37.9 Å². The molecule has 0 bridgehead atoms. The summed E-state index contributed by atoms with van der Waals surface area (Å²) < 4.78 is 52.5. The monoisotopic (exact) mass is 589 g/mol. The highest BCUT2D eigenvalue weighted by molar-refractivity contribution is 8.00. The average Bonchev–Trinajstić information content (AvgIpc) is 2.94. The van der Waals surface area contributed by atoms with Crippen molar-refractivity contribution in [3.63, 3.8) is 0 Å². The molecule has 10 nitrogen and oxygen atoms in total. The van der Waals surface area contributed by atoms with Crippen molar-refractivity contribution in [1.29, 1.82) is 0 Å². The molecule has 3 aromatic rings. The molecule has 2 aromatic carbocycles. The van der Waals surface area contributed by atoms with Crippen LogP contribution in [0.4, 0.5) is 24.8 Å². The number of likely N-dealkylation sites (tertiary alicyclic amines) is 1. The summed E-state index contributed by atoms with van der Waals surface area (Å²) in [5.74, 6) is -0.847. The Bertz CT molecular complexity index is 1410. The second-order valence-electron chi connectivity index (χ2n) is 9.31. The van der Waals surface area contributed by atoms with Gasteiger partial charge in [0.25, 0.3) is 5.91 Å². The lowest BCUT2D eigenvalue weighted by atomic mass is 10.0. The summed E-state index contributed by atoms with van der Waals surface area (Å²) in [5.41, 5.74) is 6.08. The summed E-state index contributed by atoms with van der Waals surface area (Å²) >= 11 is 0.849. The molecule has 1 aromatic heterocycles. The van der Waals surface area contributed by atoms with E-state index in [2.05, 4.69) is 25.5 Å². The van der Waals surface area contributed by atoms with E-state index in [9.17, 15) is 18.0 Å². The van der Waals surface area contributed by atoms with Gasteiger partial charge in [0.05, 0.1) is 18.5 Å². The predicted octanol–water partition coefficient (Wildman–Crippen LogP) is 4.73. The second-order valence-corrected chi connectivity index (χ2v) is 9.82. The molecule has 14 heteroatoms. The molecule has 0 spiro atoms. The molecule has 1 amide bonds. The maximum absolute atomic E-state index is 13.8. The molecular formula is C27H30F3N7O3S. The van der Waals surface area contributed by atoms with Crippen LogP contribution in [-0.4, -0.2) is 54.1 Å². The third-order valence-electron chi connectivity index (χ3n) is 6.42. The number of carbonyl (C=O) groups is 1. The zero-order valence-corrected chi connectivity index (χ0v) is 23.2. The summed E-state index contributed by atoms with van der Waals surface area (Å²) in [5, 5.41) is 12.8. The number of amides is 1. The van der Waals surface area contributed by atoms with Gasteiger partial charge in [-0.15, -0.1) is 0 Å². The van der Waals surface area contributed by atoms with Crippen molar-refractivity contribution in [3.8, 4) is 17.4 Å². The number of benzene rings is 2. The Morgan fingerprint density at radius 2 is 1.90 bits per heavy atom. The number of hydrogen-bond donors (Lipinski definition) is 4. The number of alkyl halides is 3. The topological polar surface area (TPSA) is 141 Å². The number of carbonyl (C=O) groups excluding carboxylic acids is 1. The van der Waals surface area contributed by atoms with Crippen molar-refractivity contribution >= 4 is 35.2 Å². The third kappa shape index (κ3) is 7.60. The van der Waals surface area contributed by atoms with Crippen LogP contribution < -0.4 is 31.0 Å². The number of aromatic nitrogens is 2. The van der Waals surface area contributed by atoms with Crippen LogP contribution in [0.1, 0.15) is 34.3 Å².